The molecule has 0 aliphatic rings. The molecular formula is C22H18ClF3N4OS2. The molecule has 0 bridgehead atoms. The van der Waals surface area contributed by atoms with Gasteiger partial charge in [0.2, 0.25) is 0 Å². The van der Waals surface area contributed by atoms with Crippen molar-refractivity contribution in [3.8, 4) is 16.3 Å². The summed E-state index contributed by atoms with van der Waals surface area (Å²) in [4.78, 5) is 4.66. The molecule has 0 aliphatic carbocycles. The fourth-order valence-corrected chi connectivity index (χ4v) is 5.19. The number of thioether (sulfide) groups is 1. The Morgan fingerprint density at radius 2 is 1.94 bits per heavy atom. The van der Waals surface area contributed by atoms with E-state index in [0.29, 0.717) is 28.3 Å². The van der Waals surface area contributed by atoms with Crippen LogP contribution in [0.3, 0.4) is 0 Å². The minimum absolute atomic E-state index is 0.00999. The van der Waals surface area contributed by atoms with Gasteiger partial charge in [-0.15, -0.1) is 21.5 Å². The molecule has 0 unspecified atom stereocenters. The summed E-state index contributed by atoms with van der Waals surface area (Å²) in [6, 6.07) is 12.3. The summed E-state index contributed by atoms with van der Waals surface area (Å²) in [5.74, 6) is 1.25. The van der Waals surface area contributed by atoms with Crippen molar-refractivity contribution >= 4 is 34.7 Å². The molecule has 0 amide bonds. The van der Waals surface area contributed by atoms with Crippen LogP contribution in [0.1, 0.15) is 24.0 Å². The maximum Gasteiger partial charge on any atom is 0.416 e. The van der Waals surface area contributed by atoms with E-state index in [-0.39, 0.29) is 12.4 Å². The Morgan fingerprint density at radius 1 is 1.12 bits per heavy atom. The Morgan fingerprint density at radius 3 is 2.70 bits per heavy atom. The first-order chi connectivity index (χ1) is 15.8. The summed E-state index contributed by atoms with van der Waals surface area (Å²) in [5.41, 5.74) is 1.03. The summed E-state index contributed by atoms with van der Waals surface area (Å²) in [7, 11) is 0. The van der Waals surface area contributed by atoms with Gasteiger partial charge in [0.15, 0.2) is 11.0 Å². The highest BCUT2D eigenvalue weighted by molar-refractivity contribution is 7.98. The Hall–Kier alpha value is -2.56. The van der Waals surface area contributed by atoms with Gasteiger partial charge in [-0.2, -0.15) is 13.2 Å². The fraction of sp³-hybridized carbons (Fsp3) is 0.227. The zero-order chi connectivity index (χ0) is 23.4. The second-order valence-corrected chi connectivity index (χ2v) is 9.08. The van der Waals surface area contributed by atoms with Crippen molar-refractivity contribution in [1.29, 1.82) is 0 Å². The van der Waals surface area contributed by atoms with Gasteiger partial charge in [0.1, 0.15) is 17.4 Å². The lowest BCUT2D eigenvalue weighted by Gasteiger charge is -2.11. The van der Waals surface area contributed by atoms with Gasteiger partial charge in [0.05, 0.1) is 16.3 Å². The van der Waals surface area contributed by atoms with Crippen LogP contribution in [0.15, 0.2) is 59.1 Å². The number of halogens is 4. The highest BCUT2D eigenvalue weighted by Gasteiger charge is 2.30. The van der Waals surface area contributed by atoms with E-state index < -0.39 is 11.7 Å². The van der Waals surface area contributed by atoms with E-state index in [4.69, 9.17) is 16.3 Å². The number of benzene rings is 2. The molecular weight excluding hydrogens is 493 g/mol. The second kappa shape index (κ2) is 10.1. The van der Waals surface area contributed by atoms with Crippen LogP contribution in [0.5, 0.6) is 5.75 Å². The van der Waals surface area contributed by atoms with Crippen molar-refractivity contribution in [1.82, 2.24) is 19.7 Å². The predicted octanol–water partition coefficient (Wildman–Crippen LogP) is 6.97. The van der Waals surface area contributed by atoms with Crippen LogP contribution in [0.25, 0.3) is 10.6 Å². The molecule has 0 saturated heterocycles. The number of hydrogen-bond acceptors (Lipinski definition) is 6. The lowest BCUT2D eigenvalue weighted by molar-refractivity contribution is -0.137. The Balaban J connectivity index is 1.41. The minimum Gasteiger partial charge on any atom is -0.486 e. The molecule has 172 valence electrons. The molecule has 0 atom stereocenters. The summed E-state index contributed by atoms with van der Waals surface area (Å²) in [6.07, 6.45) is -4.42. The van der Waals surface area contributed by atoms with E-state index in [0.717, 1.165) is 28.4 Å². The van der Waals surface area contributed by atoms with Crippen LogP contribution < -0.4 is 4.74 Å². The van der Waals surface area contributed by atoms with Crippen LogP contribution in [0.2, 0.25) is 5.02 Å². The molecule has 33 heavy (non-hydrogen) atoms. The van der Waals surface area contributed by atoms with E-state index in [2.05, 4.69) is 15.2 Å². The molecule has 0 N–H and O–H groups in total. The summed E-state index contributed by atoms with van der Waals surface area (Å²) >= 11 is 9.27. The van der Waals surface area contributed by atoms with E-state index >= 15 is 0 Å². The fourth-order valence-electron chi connectivity index (χ4n) is 3.03. The normalized spacial score (nSPS) is 11.7. The largest absolute Gasteiger partial charge is 0.486 e. The SMILES string of the molecule is CCn1c(COc2cccc(C(F)(F)F)c2)nnc1SCc1csc(-c2ccccc2Cl)n1. The molecule has 2 aromatic carbocycles. The van der Waals surface area contributed by atoms with E-state index in [1.807, 2.05) is 41.1 Å². The number of alkyl halides is 3. The molecule has 0 spiro atoms. The zero-order valence-electron chi connectivity index (χ0n) is 17.3. The van der Waals surface area contributed by atoms with Gasteiger partial charge in [0, 0.05) is 23.2 Å². The highest BCUT2D eigenvalue weighted by Crippen LogP contribution is 2.33. The van der Waals surface area contributed by atoms with Crippen molar-refractivity contribution < 1.29 is 17.9 Å². The lowest BCUT2D eigenvalue weighted by atomic mass is 10.2. The first-order valence-electron chi connectivity index (χ1n) is 9.89. The topological polar surface area (TPSA) is 52.8 Å². The van der Waals surface area contributed by atoms with Crippen molar-refractivity contribution in [2.45, 2.75) is 37.2 Å². The number of nitrogens with zero attached hydrogens (tertiary/aromatic N) is 4. The van der Waals surface area contributed by atoms with Crippen molar-refractivity contribution in [2.24, 2.45) is 0 Å². The van der Waals surface area contributed by atoms with Crippen LogP contribution >= 0.6 is 34.7 Å². The van der Waals surface area contributed by atoms with Gasteiger partial charge >= 0.3 is 6.18 Å². The van der Waals surface area contributed by atoms with Crippen LogP contribution in [0, 0.1) is 0 Å². The average Bonchev–Trinajstić information content (AvgIpc) is 3.42. The molecule has 2 heterocycles. The predicted molar refractivity (Wildman–Crippen MR) is 124 cm³/mol. The zero-order valence-corrected chi connectivity index (χ0v) is 19.7. The van der Waals surface area contributed by atoms with Gasteiger partial charge in [-0.05, 0) is 31.2 Å². The molecule has 2 aromatic heterocycles. The molecule has 11 heteroatoms. The van der Waals surface area contributed by atoms with Gasteiger partial charge in [-0.1, -0.05) is 47.6 Å². The molecule has 0 radical (unpaired) electrons. The monoisotopic (exact) mass is 510 g/mol. The number of aromatic nitrogens is 4. The number of rotatable bonds is 8. The molecule has 5 nitrogen and oxygen atoms in total. The minimum atomic E-state index is -4.42. The van der Waals surface area contributed by atoms with Crippen molar-refractivity contribution in [3.63, 3.8) is 0 Å². The van der Waals surface area contributed by atoms with Crippen molar-refractivity contribution in [2.75, 3.05) is 0 Å². The highest BCUT2D eigenvalue weighted by atomic mass is 35.5. The third kappa shape index (κ3) is 5.69. The lowest BCUT2D eigenvalue weighted by Crippen LogP contribution is -2.08. The number of thiazole rings is 1. The van der Waals surface area contributed by atoms with Gasteiger partial charge in [-0.25, -0.2) is 4.98 Å². The Labute approximate surface area is 201 Å². The second-order valence-electron chi connectivity index (χ2n) is 6.87. The molecule has 0 saturated carbocycles. The Kier molecular flexibility index (Phi) is 7.26. The van der Waals surface area contributed by atoms with E-state index in [1.54, 1.807) is 0 Å². The van der Waals surface area contributed by atoms with E-state index in [9.17, 15) is 13.2 Å². The summed E-state index contributed by atoms with van der Waals surface area (Å²) in [5, 5.41) is 12.6. The van der Waals surface area contributed by atoms with E-state index in [1.165, 1.54) is 35.2 Å². The van der Waals surface area contributed by atoms with Crippen LogP contribution in [-0.4, -0.2) is 19.7 Å². The molecule has 0 fully saturated rings. The van der Waals surface area contributed by atoms with Crippen LogP contribution in [-0.2, 0) is 25.1 Å². The maximum atomic E-state index is 12.9. The first kappa shape index (κ1) is 23.6. The number of hydrogen-bond donors (Lipinski definition) is 0. The van der Waals surface area contributed by atoms with Crippen LogP contribution in [0.4, 0.5) is 13.2 Å². The number of ether oxygens (including phenoxy) is 1. The summed E-state index contributed by atoms with van der Waals surface area (Å²) in [6.45, 7) is 2.55. The molecule has 4 aromatic rings. The Bertz CT molecular complexity index is 1240. The van der Waals surface area contributed by atoms with Gasteiger partial charge < -0.3 is 9.30 Å². The standard InChI is InChI=1S/C22H18ClF3N4OS2/c1-2-30-19(11-31-16-7-5-6-14(10-16)22(24,25)26)28-29-21(30)33-13-15-12-32-20(27-15)17-8-3-4-9-18(17)23/h3-10,12H,2,11,13H2,1H3. The smallest absolute Gasteiger partial charge is 0.416 e. The average molecular weight is 511 g/mol. The third-order valence-corrected chi connectivity index (χ3v) is 6.90. The first-order valence-corrected chi connectivity index (χ1v) is 12.1. The summed E-state index contributed by atoms with van der Waals surface area (Å²) < 4.78 is 46.1. The maximum absolute atomic E-state index is 12.9. The third-order valence-electron chi connectivity index (χ3n) is 4.64. The van der Waals surface area contributed by atoms with Gasteiger partial charge in [-0.3, -0.25) is 0 Å². The van der Waals surface area contributed by atoms with Gasteiger partial charge in [0.25, 0.3) is 0 Å². The molecule has 0 aliphatic heterocycles. The molecule has 4 rings (SSSR count). The quantitative estimate of drug-likeness (QED) is 0.240. The van der Waals surface area contributed by atoms with Crippen molar-refractivity contribution in [3.05, 3.63) is 76.0 Å².